The fourth-order valence-electron chi connectivity index (χ4n) is 2.41. The maximum Gasteiger partial charge on any atom is 0.0933 e. The lowest BCUT2D eigenvalue weighted by atomic mass is 10.1. The van der Waals surface area contributed by atoms with E-state index in [9.17, 15) is 0 Å². The molecule has 3 aromatic rings. The lowest BCUT2D eigenvalue weighted by Gasteiger charge is -2.09. The molecule has 0 radical (unpaired) electrons. The molecule has 2 aromatic carbocycles. The van der Waals surface area contributed by atoms with Crippen molar-refractivity contribution in [2.75, 3.05) is 11.9 Å². The first-order valence-electron chi connectivity index (χ1n) is 7.05. The van der Waals surface area contributed by atoms with Crippen molar-refractivity contribution in [2.24, 2.45) is 0 Å². The molecule has 20 heavy (non-hydrogen) atoms. The third kappa shape index (κ3) is 2.97. The van der Waals surface area contributed by atoms with Gasteiger partial charge in [-0.2, -0.15) is 0 Å². The molecule has 2 heteroatoms. The van der Waals surface area contributed by atoms with Gasteiger partial charge in [0.2, 0.25) is 0 Å². The summed E-state index contributed by atoms with van der Waals surface area (Å²) in [4.78, 5) is 4.46. The molecule has 0 spiro atoms. The van der Waals surface area contributed by atoms with Crippen LogP contribution in [0.4, 0.5) is 5.69 Å². The average Bonchev–Trinajstić information content (AvgIpc) is 2.53. The number of nitrogens with one attached hydrogen (secondary N) is 1. The molecule has 0 amide bonds. The number of hydrogen-bond acceptors (Lipinski definition) is 2. The third-order valence-electron chi connectivity index (χ3n) is 3.43. The second-order valence-corrected chi connectivity index (χ2v) is 4.90. The van der Waals surface area contributed by atoms with Crippen LogP contribution in [0.2, 0.25) is 0 Å². The molecule has 0 aliphatic carbocycles. The first-order chi connectivity index (χ1) is 9.93. The zero-order chi connectivity index (χ0) is 13.6. The fourth-order valence-corrected chi connectivity index (χ4v) is 2.41. The van der Waals surface area contributed by atoms with Gasteiger partial charge in [-0.3, -0.25) is 4.98 Å². The number of rotatable bonds is 5. The van der Waals surface area contributed by atoms with Gasteiger partial charge in [0.15, 0.2) is 0 Å². The number of fused-ring (bicyclic) bond motifs is 1. The minimum absolute atomic E-state index is 0.963. The van der Waals surface area contributed by atoms with Crippen LogP contribution in [-0.4, -0.2) is 11.5 Å². The summed E-state index contributed by atoms with van der Waals surface area (Å²) < 4.78 is 0. The van der Waals surface area contributed by atoms with Gasteiger partial charge < -0.3 is 5.32 Å². The Hall–Kier alpha value is -2.35. The largest absolute Gasteiger partial charge is 0.383 e. The number of pyridine rings is 1. The third-order valence-corrected chi connectivity index (χ3v) is 3.43. The summed E-state index contributed by atoms with van der Waals surface area (Å²) in [5, 5.41) is 4.68. The summed E-state index contributed by atoms with van der Waals surface area (Å²) in [7, 11) is 0. The number of aromatic nitrogens is 1. The van der Waals surface area contributed by atoms with Crippen LogP contribution in [-0.2, 0) is 6.42 Å². The van der Waals surface area contributed by atoms with E-state index in [1.807, 2.05) is 12.3 Å². The molecule has 1 heterocycles. The Kier molecular flexibility index (Phi) is 3.93. The average molecular weight is 262 g/mol. The molecule has 0 saturated heterocycles. The van der Waals surface area contributed by atoms with Crippen LogP contribution in [0.25, 0.3) is 10.9 Å². The van der Waals surface area contributed by atoms with Gasteiger partial charge in [0.25, 0.3) is 0 Å². The van der Waals surface area contributed by atoms with Crippen molar-refractivity contribution in [1.29, 1.82) is 0 Å². The standard InChI is InChI=1S/C18H18N2/c1-2-7-15(8-3-1)9-5-13-19-17-12-4-10-16-11-6-14-20-18(16)17/h1-4,6-8,10-12,14,19H,5,9,13H2. The number of benzene rings is 2. The molecule has 0 aliphatic heterocycles. The van der Waals surface area contributed by atoms with Gasteiger partial charge in [0.05, 0.1) is 11.2 Å². The molecular formula is C18H18N2. The summed E-state index contributed by atoms with van der Waals surface area (Å²) in [5.41, 5.74) is 3.57. The van der Waals surface area contributed by atoms with Crippen molar-refractivity contribution in [1.82, 2.24) is 4.98 Å². The second kappa shape index (κ2) is 6.20. The summed E-state index contributed by atoms with van der Waals surface area (Å²) >= 11 is 0. The quantitative estimate of drug-likeness (QED) is 0.694. The van der Waals surface area contributed by atoms with Gasteiger partial charge in [-0.25, -0.2) is 0 Å². The zero-order valence-electron chi connectivity index (χ0n) is 11.4. The van der Waals surface area contributed by atoms with E-state index < -0.39 is 0 Å². The van der Waals surface area contributed by atoms with Crippen LogP contribution in [0.3, 0.4) is 0 Å². The maximum absolute atomic E-state index is 4.46. The minimum Gasteiger partial charge on any atom is -0.383 e. The van der Waals surface area contributed by atoms with E-state index in [-0.39, 0.29) is 0 Å². The Morgan fingerprint density at radius 2 is 1.70 bits per heavy atom. The van der Waals surface area contributed by atoms with Crippen LogP contribution in [0, 0.1) is 0 Å². The SMILES string of the molecule is c1ccc(CCCNc2cccc3cccnc23)cc1. The van der Waals surface area contributed by atoms with Gasteiger partial charge in [-0.1, -0.05) is 48.5 Å². The van der Waals surface area contributed by atoms with Crippen molar-refractivity contribution in [3.05, 3.63) is 72.4 Å². The Bertz CT molecular complexity index is 672. The summed E-state index contributed by atoms with van der Waals surface area (Å²) in [6, 6.07) is 20.9. The van der Waals surface area contributed by atoms with Crippen molar-refractivity contribution in [2.45, 2.75) is 12.8 Å². The summed E-state index contributed by atoms with van der Waals surface area (Å²) in [6.45, 7) is 0.963. The van der Waals surface area contributed by atoms with E-state index in [2.05, 4.69) is 64.9 Å². The molecule has 1 aromatic heterocycles. The zero-order valence-corrected chi connectivity index (χ0v) is 11.4. The first kappa shape index (κ1) is 12.7. The van der Waals surface area contributed by atoms with Gasteiger partial charge in [-0.15, -0.1) is 0 Å². The molecule has 0 aliphatic rings. The second-order valence-electron chi connectivity index (χ2n) is 4.90. The number of para-hydroxylation sites is 1. The van der Waals surface area contributed by atoms with Crippen LogP contribution in [0.5, 0.6) is 0 Å². The van der Waals surface area contributed by atoms with Crippen molar-refractivity contribution in [3.63, 3.8) is 0 Å². The van der Waals surface area contributed by atoms with Gasteiger partial charge in [-0.05, 0) is 30.5 Å². The van der Waals surface area contributed by atoms with Gasteiger partial charge in [0.1, 0.15) is 0 Å². The van der Waals surface area contributed by atoms with Gasteiger partial charge in [0, 0.05) is 18.1 Å². The van der Waals surface area contributed by atoms with Crippen LogP contribution < -0.4 is 5.32 Å². The Balaban J connectivity index is 1.60. The van der Waals surface area contributed by atoms with Crippen LogP contribution in [0.1, 0.15) is 12.0 Å². The van der Waals surface area contributed by atoms with Crippen LogP contribution >= 0.6 is 0 Å². The highest BCUT2D eigenvalue weighted by Crippen LogP contribution is 2.20. The molecule has 0 atom stereocenters. The summed E-state index contributed by atoms with van der Waals surface area (Å²) in [5.74, 6) is 0. The van der Waals surface area contributed by atoms with Crippen molar-refractivity contribution in [3.8, 4) is 0 Å². The minimum atomic E-state index is 0.963. The van der Waals surface area contributed by atoms with Gasteiger partial charge >= 0.3 is 0 Å². The molecule has 0 saturated carbocycles. The van der Waals surface area contributed by atoms with E-state index in [0.29, 0.717) is 0 Å². The maximum atomic E-state index is 4.46. The molecule has 1 N–H and O–H groups in total. The lowest BCUT2D eigenvalue weighted by Crippen LogP contribution is -2.03. The molecular weight excluding hydrogens is 244 g/mol. The predicted octanol–water partition coefficient (Wildman–Crippen LogP) is 4.28. The fraction of sp³-hybridized carbons (Fsp3) is 0.167. The highest BCUT2D eigenvalue weighted by molar-refractivity contribution is 5.90. The number of anilines is 1. The number of aryl methyl sites for hydroxylation is 1. The Morgan fingerprint density at radius 1 is 0.850 bits per heavy atom. The van der Waals surface area contributed by atoms with E-state index in [0.717, 1.165) is 30.6 Å². The summed E-state index contributed by atoms with van der Waals surface area (Å²) in [6.07, 6.45) is 4.07. The highest BCUT2D eigenvalue weighted by atomic mass is 14.9. The molecule has 0 unspecified atom stereocenters. The number of nitrogens with zero attached hydrogens (tertiary/aromatic N) is 1. The van der Waals surface area contributed by atoms with Crippen molar-refractivity contribution >= 4 is 16.6 Å². The molecule has 0 fully saturated rings. The monoisotopic (exact) mass is 262 g/mol. The first-order valence-corrected chi connectivity index (χ1v) is 7.05. The smallest absolute Gasteiger partial charge is 0.0933 e. The predicted molar refractivity (Wildman–Crippen MR) is 85.0 cm³/mol. The van der Waals surface area contributed by atoms with E-state index in [4.69, 9.17) is 0 Å². The van der Waals surface area contributed by atoms with E-state index in [1.165, 1.54) is 10.9 Å². The van der Waals surface area contributed by atoms with Crippen molar-refractivity contribution < 1.29 is 0 Å². The lowest BCUT2D eigenvalue weighted by molar-refractivity contribution is 0.863. The molecule has 100 valence electrons. The molecule has 0 bridgehead atoms. The topological polar surface area (TPSA) is 24.9 Å². The molecule has 3 rings (SSSR count). The highest BCUT2D eigenvalue weighted by Gasteiger charge is 2.00. The van der Waals surface area contributed by atoms with Crippen LogP contribution in [0.15, 0.2) is 66.9 Å². The normalized spacial score (nSPS) is 10.6. The molecule has 2 nitrogen and oxygen atoms in total. The number of hydrogen-bond donors (Lipinski definition) is 1. The Morgan fingerprint density at radius 3 is 2.60 bits per heavy atom. The van der Waals surface area contributed by atoms with E-state index in [1.54, 1.807) is 0 Å². The van der Waals surface area contributed by atoms with E-state index >= 15 is 0 Å². The Labute approximate surface area is 119 Å².